The van der Waals surface area contributed by atoms with Crippen LogP contribution in [0.1, 0.15) is 17.5 Å². The minimum absolute atomic E-state index is 0.295. The molecule has 0 heterocycles. The second-order valence-corrected chi connectivity index (χ2v) is 6.12. The molecular formula is C16H14BrFN2O. The Morgan fingerprint density at radius 2 is 2.10 bits per heavy atom. The molecule has 0 spiro atoms. The van der Waals surface area contributed by atoms with Crippen LogP contribution < -0.4 is 11.1 Å². The van der Waals surface area contributed by atoms with Gasteiger partial charge in [0, 0.05) is 10.2 Å². The number of nitrogens with one attached hydrogen (secondary N) is 1. The second kappa shape index (κ2) is 5.15. The molecule has 1 unspecified atom stereocenters. The van der Waals surface area contributed by atoms with Crippen LogP contribution in [0.25, 0.3) is 0 Å². The highest BCUT2D eigenvalue weighted by Gasteiger charge is 2.44. The molecule has 1 amide bonds. The molecule has 108 valence electrons. The summed E-state index contributed by atoms with van der Waals surface area (Å²) in [6.07, 6.45) is 1.14. The molecule has 3 rings (SSSR count). The van der Waals surface area contributed by atoms with Gasteiger partial charge in [-0.2, -0.15) is 0 Å². The van der Waals surface area contributed by atoms with E-state index < -0.39 is 11.4 Å². The number of carbonyl (C=O) groups excluding carboxylic acids is 1. The number of hydrogen-bond donors (Lipinski definition) is 2. The van der Waals surface area contributed by atoms with Crippen LogP contribution in [0, 0.1) is 5.82 Å². The van der Waals surface area contributed by atoms with E-state index in [2.05, 4.69) is 21.2 Å². The highest BCUT2D eigenvalue weighted by molar-refractivity contribution is 9.10. The average Bonchev–Trinajstić information content (AvgIpc) is 2.78. The zero-order valence-electron chi connectivity index (χ0n) is 11.2. The molecule has 1 atom stereocenters. The van der Waals surface area contributed by atoms with Crippen LogP contribution in [0.4, 0.5) is 10.1 Å². The Labute approximate surface area is 130 Å². The molecule has 0 fully saturated rings. The van der Waals surface area contributed by atoms with E-state index in [-0.39, 0.29) is 5.82 Å². The fraction of sp³-hybridized carbons (Fsp3) is 0.188. The van der Waals surface area contributed by atoms with E-state index in [9.17, 15) is 9.18 Å². The van der Waals surface area contributed by atoms with Crippen LogP contribution in [0.15, 0.2) is 46.9 Å². The summed E-state index contributed by atoms with van der Waals surface area (Å²) < 4.78 is 14.3. The summed E-state index contributed by atoms with van der Waals surface area (Å²) in [7, 11) is 0. The number of rotatable bonds is 3. The third kappa shape index (κ3) is 2.42. The van der Waals surface area contributed by atoms with Gasteiger partial charge in [-0.05, 0) is 54.3 Å². The maximum absolute atomic E-state index is 13.4. The zero-order valence-corrected chi connectivity index (χ0v) is 12.8. The van der Waals surface area contributed by atoms with Crippen molar-refractivity contribution >= 4 is 27.5 Å². The number of aryl methyl sites for hydroxylation is 1. The first kappa shape index (κ1) is 14.1. The molecule has 1 aliphatic rings. The SMILES string of the molecule is NC(=O)C1(Nc2cccc(Br)c2)CCc2cc(F)ccc21. The first-order valence-corrected chi connectivity index (χ1v) is 7.43. The van der Waals surface area contributed by atoms with Crippen molar-refractivity contribution in [1.82, 2.24) is 0 Å². The molecule has 3 nitrogen and oxygen atoms in total. The van der Waals surface area contributed by atoms with Gasteiger partial charge >= 0.3 is 0 Å². The number of primary amides is 1. The standard InChI is InChI=1S/C16H14BrFN2O/c17-11-2-1-3-13(9-11)20-16(15(19)21)7-6-10-8-12(18)4-5-14(10)16/h1-5,8-9,20H,6-7H2,(H2,19,21). The zero-order chi connectivity index (χ0) is 15.0. The molecule has 0 aliphatic heterocycles. The molecule has 21 heavy (non-hydrogen) atoms. The molecule has 2 aromatic carbocycles. The van der Waals surface area contributed by atoms with Gasteiger partial charge in [0.15, 0.2) is 0 Å². The average molecular weight is 349 g/mol. The van der Waals surface area contributed by atoms with Crippen molar-refractivity contribution in [3.05, 3.63) is 63.9 Å². The molecule has 0 radical (unpaired) electrons. The quantitative estimate of drug-likeness (QED) is 0.893. The van der Waals surface area contributed by atoms with Crippen molar-refractivity contribution < 1.29 is 9.18 Å². The fourth-order valence-electron chi connectivity index (χ4n) is 2.90. The Kier molecular flexibility index (Phi) is 3.45. The number of fused-ring (bicyclic) bond motifs is 1. The minimum Gasteiger partial charge on any atom is -0.368 e. The van der Waals surface area contributed by atoms with Crippen molar-refractivity contribution in [3.63, 3.8) is 0 Å². The lowest BCUT2D eigenvalue weighted by Gasteiger charge is -2.29. The predicted molar refractivity (Wildman–Crippen MR) is 83.4 cm³/mol. The van der Waals surface area contributed by atoms with Gasteiger partial charge in [-0.3, -0.25) is 4.79 Å². The van der Waals surface area contributed by atoms with Crippen molar-refractivity contribution in [3.8, 4) is 0 Å². The smallest absolute Gasteiger partial charge is 0.247 e. The number of carbonyl (C=O) groups is 1. The van der Waals surface area contributed by atoms with Gasteiger partial charge in [0.2, 0.25) is 5.91 Å². The van der Waals surface area contributed by atoms with Gasteiger partial charge < -0.3 is 11.1 Å². The number of hydrogen-bond acceptors (Lipinski definition) is 2. The van der Waals surface area contributed by atoms with Crippen molar-refractivity contribution in [2.45, 2.75) is 18.4 Å². The van der Waals surface area contributed by atoms with E-state index in [0.717, 1.165) is 21.3 Å². The van der Waals surface area contributed by atoms with Crippen LogP contribution >= 0.6 is 15.9 Å². The first-order chi connectivity index (χ1) is 10.0. The van der Waals surface area contributed by atoms with Crippen molar-refractivity contribution in [1.29, 1.82) is 0 Å². The highest BCUT2D eigenvalue weighted by atomic mass is 79.9. The van der Waals surface area contributed by atoms with Gasteiger partial charge in [-0.15, -0.1) is 0 Å². The third-order valence-electron chi connectivity index (χ3n) is 3.90. The van der Waals surface area contributed by atoms with E-state index in [1.165, 1.54) is 12.1 Å². The molecule has 0 aromatic heterocycles. The fourth-order valence-corrected chi connectivity index (χ4v) is 3.30. The topological polar surface area (TPSA) is 55.1 Å². The number of anilines is 1. The number of halogens is 2. The molecule has 2 aromatic rings. The molecular weight excluding hydrogens is 335 g/mol. The molecule has 0 bridgehead atoms. The van der Waals surface area contributed by atoms with E-state index >= 15 is 0 Å². The lowest BCUT2D eigenvalue weighted by atomic mass is 9.90. The van der Waals surface area contributed by atoms with Crippen LogP contribution in [-0.2, 0) is 16.8 Å². The first-order valence-electron chi connectivity index (χ1n) is 6.64. The Balaban J connectivity index is 2.06. The van der Waals surface area contributed by atoms with Crippen molar-refractivity contribution in [2.75, 3.05) is 5.32 Å². The normalized spacial score (nSPS) is 20.1. The summed E-state index contributed by atoms with van der Waals surface area (Å²) in [6.45, 7) is 0. The van der Waals surface area contributed by atoms with Gasteiger partial charge in [0.25, 0.3) is 0 Å². The molecule has 3 N–H and O–H groups in total. The summed E-state index contributed by atoms with van der Waals surface area (Å²) in [4.78, 5) is 12.1. The Hall–Kier alpha value is -1.88. The summed E-state index contributed by atoms with van der Waals surface area (Å²) in [5.74, 6) is -0.746. The lowest BCUT2D eigenvalue weighted by molar-refractivity contribution is -0.122. The van der Waals surface area contributed by atoms with Crippen LogP contribution in [0.2, 0.25) is 0 Å². The monoisotopic (exact) mass is 348 g/mol. The van der Waals surface area contributed by atoms with Gasteiger partial charge in [0.1, 0.15) is 11.4 Å². The highest BCUT2D eigenvalue weighted by Crippen LogP contribution is 2.40. The number of nitrogens with two attached hydrogens (primary N) is 1. The van der Waals surface area contributed by atoms with Crippen molar-refractivity contribution in [2.24, 2.45) is 5.73 Å². The molecule has 0 saturated heterocycles. The molecule has 5 heteroatoms. The summed E-state index contributed by atoms with van der Waals surface area (Å²) in [5, 5.41) is 3.24. The maximum atomic E-state index is 13.4. The number of amides is 1. The summed E-state index contributed by atoms with van der Waals surface area (Å²) in [5.41, 5.74) is 7.06. The third-order valence-corrected chi connectivity index (χ3v) is 4.39. The Morgan fingerprint density at radius 3 is 2.81 bits per heavy atom. The van der Waals surface area contributed by atoms with E-state index in [0.29, 0.717) is 12.8 Å². The summed E-state index contributed by atoms with van der Waals surface area (Å²) in [6, 6.07) is 12.0. The Bertz CT molecular complexity index is 719. The van der Waals surface area contributed by atoms with Gasteiger partial charge in [-0.25, -0.2) is 4.39 Å². The molecule has 0 saturated carbocycles. The second-order valence-electron chi connectivity index (χ2n) is 5.21. The lowest BCUT2D eigenvalue weighted by Crippen LogP contribution is -2.46. The Morgan fingerprint density at radius 1 is 1.29 bits per heavy atom. The van der Waals surface area contributed by atoms with Crippen LogP contribution in [0.3, 0.4) is 0 Å². The van der Waals surface area contributed by atoms with E-state index in [1.807, 2.05) is 24.3 Å². The predicted octanol–water partition coefficient (Wildman–Crippen LogP) is 3.33. The van der Waals surface area contributed by atoms with Crippen LogP contribution in [0.5, 0.6) is 0 Å². The minimum atomic E-state index is -0.982. The van der Waals surface area contributed by atoms with Crippen LogP contribution in [-0.4, -0.2) is 5.91 Å². The number of benzene rings is 2. The van der Waals surface area contributed by atoms with E-state index in [1.54, 1.807) is 6.07 Å². The maximum Gasteiger partial charge on any atom is 0.247 e. The van der Waals surface area contributed by atoms with Gasteiger partial charge in [-0.1, -0.05) is 28.1 Å². The summed E-state index contributed by atoms with van der Waals surface area (Å²) >= 11 is 3.40. The van der Waals surface area contributed by atoms with E-state index in [4.69, 9.17) is 5.73 Å². The largest absolute Gasteiger partial charge is 0.368 e. The molecule has 1 aliphatic carbocycles. The van der Waals surface area contributed by atoms with Gasteiger partial charge in [0.05, 0.1) is 0 Å².